The zero-order valence-electron chi connectivity index (χ0n) is 17.4. The first-order valence-corrected chi connectivity index (χ1v) is 10.2. The van der Waals surface area contributed by atoms with Crippen molar-refractivity contribution in [2.24, 2.45) is 0 Å². The van der Waals surface area contributed by atoms with Crippen molar-refractivity contribution in [3.63, 3.8) is 0 Å². The van der Waals surface area contributed by atoms with Crippen molar-refractivity contribution in [2.45, 2.75) is 13.8 Å². The van der Waals surface area contributed by atoms with E-state index in [0.29, 0.717) is 13.1 Å². The Morgan fingerprint density at radius 2 is 1.70 bits per heavy atom. The van der Waals surface area contributed by atoms with Crippen molar-refractivity contribution in [2.75, 3.05) is 37.7 Å². The molecular weight excluding hydrogens is 376 g/mol. The fourth-order valence-electron chi connectivity index (χ4n) is 3.63. The number of amides is 1. The van der Waals surface area contributed by atoms with Crippen LogP contribution in [-0.4, -0.2) is 53.8 Å². The molecule has 0 saturated carbocycles. The average molecular weight is 402 g/mol. The average Bonchev–Trinajstić information content (AvgIpc) is 2.79. The lowest BCUT2D eigenvalue weighted by molar-refractivity contribution is -0.133. The Balaban J connectivity index is 1.29. The third-order valence-electron chi connectivity index (χ3n) is 5.36. The Bertz CT molecular complexity index is 997. The number of aromatic nitrogens is 2. The summed E-state index contributed by atoms with van der Waals surface area (Å²) >= 11 is 0. The highest BCUT2D eigenvalue weighted by atomic mass is 16.5. The molecule has 0 aliphatic carbocycles. The predicted octanol–water partition coefficient (Wildman–Crippen LogP) is 3.49. The molecule has 0 N–H and O–H groups in total. The molecule has 4 rings (SSSR count). The number of carbonyl (C=O) groups is 1. The minimum atomic E-state index is 0.0140. The quantitative estimate of drug-likeness (QED) is 0.654. The third kappa shape index (κ3) is 4.59. The minimum absolute atomic E-state index is 0.0140. The standard InChI is InChI=1S/C24H26N4O2/c1-18-8-10-22(19(2)16-18)30-17-24(29)28-14-12-27(13-15-28)23-11-9-21(25-26-23)20-6-4-3-5-7-20/h3-11,16H,12-15,17H2,1-2H3. The summed E-state index contributed by atoms with van der Waals surface area (Å²) in [7, 11) is 0. The molecule has 0 bridgehead atoms. The molecule has 0 spiro atoms. The molecule has 0 atom stereocenters. The van der Waals surface area contributed by atoms with Crippen molar-refractivity contribution >= 4 is 11.7 Å². The van der Waals surface area contributed by atoms with Crippen molar-refractivity contribution < 1.29 is 9.53 Å². The Morgan fingerprint density at radius 1 is 0.933 bits per heavy atom. The van der Waals surface area contributed by atoms with Gasteiger partial charge in [-0.05, 0) is 37.6 Å². The number of hydrogen-bond donors (Lipinski definition) is 0. The van der Waals surface area contributed by atoms with Gasteiger partial charge in [0.1, 0.15) is 5.75 Å². The van der Waals surface area contributed by atoms with E-state index in [0.717, 1.165) is 41.5 Å². The summed E-state index contributed by atoms with van der Waals surface area (Å²) in [5.74, 6) is 1.62. The smallest absolute Gasteiger partial charge is 0.260 e. The fourth-order valence-corrected chi connectivity index (χ4v) is 3.63. The highest BCUT2D eigenvalue weighted by molar-refractivity contribution is 5.78. The Kier molecular flexibility index (Phi) is 5.93. The summed E-state index contributed by atoms with van der Waals surface area (Å²) in [5.41, 5.74) is 4.14. The highest BCUT2D eigenvalue weighted by Gasteiger charge is 2.22. The van der Waals surface area contributed by atoms with Crippen LogP contribution in [0.5, 0.6) is 5.75 Å². The molecule has 1 aliphatic rings. The van der Waals surface area contributed by atoms with Gasteiger partial charge in [0.25, 0.3) is 5.91 Å². The molecule has 1 aliphatic heterocycles. The molecule has 1 saturated heterocycles. The van der Waals surface area contributed by atoms with Crippen molar-refractivity contribution in [1.82, 2.24) is 15.1 Å². The van der Waals surface area contributed by atoms with E-state index in [2.05, 4.69) is 21.2 Å². The van der Waals surface area contributed by atoms with Crippen LogP contribution in [0.15, 0.2) is 60.7 Å². The first kappa shape index (κ1) is 19.9. The maximum atomic E-state index is 12.5. The minimum Gasteiger partial charge on any atom is -0.484 e. The van der Waals surface area contributed by atoms with Crippen molar-refractivity contribution in [1.29, 1.82) is 0 Å². The third-order valence-corrected chi connectivity index (χ3v) is 5.36. The summed E-state index contributed by atoms with van der Waals surface area (Å²) in [4.78, 5) is 16.6. The van der Waals surface area contributed by atoms with Gasteiger partial charge in [-0.3, -0.25) is 4.79 Å². The van der Waals surface area contributed by atoms with Gasteiger partial charge >= 0.3 is 0 Å². The van der Waals surface area contributed by atoms with Crippen LogP contribution in [0.1, 0.15) is 11.1 Å². The van der Waals surface area contributed by atoms with Crippen LogP contribution in [0.25, 0.3) is 11.3 Å². The first-order valence-electron chi connectivity index (χ1n) is 10.2. The van der Waals surface area contributed by atoms with Gasteiger partial charge in [-0.1, -0.05) is 48.0 Å². The maximum Gasteiger partial charge on any atom is 0.260 e. The van der Waals surface area contributed by atoms with Crippen LogP contribution in [-0.2, 0) is 4.79 Å². The molecule has 0 radical (unpaired) electrons. The Hall–Kier alpha value is -3.41. The molecule has 6 nitrogen and oxygen atoms in total. The Labute approximate surface area is 177 Å². The molecule has 1 aromatic heterocycles. The van der Waals surface area contributed by atoms with Crippen LogP contribution in [0.2, 0.25) is 0 Å². The molecule has 154 valence electrons. The van der Waals surface area contributed by atoms with E-state index >= 15 is 0 Å². The normalized spacial score (nSPS) is 13.9. The number of aryl methyl sites for hydroxylation is 2. The molecule has 1 fully saturated rings. The number of anilines is 1. The van der Waals surface area contributed by atoms with E-state index in [1.807, 2.05) is 73.3 Å². The van der Waals surface area contributed by atoms with E-state index in [-0.39, 0.29) is 12.5 Å². The Morgan fingerprint density at radius 3 is 2.37 bits per heavy atom. The van der Waals surface area contributed by atoms with Gasteiger partial charge < -0.3 is 14.5 Å². The lowest BCUT2D eigenvalue weighted by atomic mass is 10.1. The van der Waals surface area contributed by atoms with Gasteiger partial charge in [0.05, 0.1) is 5.69 Å². The number of piperazine rings is 1. The van der Waals surface area contributed by atoms with E-state index < -0.39 is 0 Å². The number of rotatable bonds is 5. The van der Waals surface area contributed by atoms with Gasteiger partial charge in [0.2, 0.25) is 0 Å². The molecule has 1 amide bonds. The summed E-state index contributed by atoms with van der Waals surface area (Å²) < 4.78 is 5.75. The zero-order chi connectivity index (χ0) is 20.9. The van der Waals surface area contributed by atoms with E-state index in [1.165, 1.54) is 5.56 Å². The second-order valence-electron chi connectivity index (χ2n) is 7.57. The highest BCUT2D eigenvalue weighted by Crippen LogP contribution is 2.20. The molecule has 0 unspecified atom stereocenters. The topological polar surface area (TPSA) is 58.6 Å². The molecular formula is C24H26N4O2. The molecule has 2 heterocycles. The second-order valence-corrected chi connectivity index (χ2v) is 7.57. The number of hydrogen-bond acceptors (Lipinski definition) is 5. The summed E-state index contributed by atoms with van der Waals surface area (Å²) in [6.45, 7) is 6.86. The number of benzene rings is 2. The second kappa shape index (κ2) is 8.95. The lowest BCUT2D eigenvalue weighted by Gasteiger charge is -2.35. The monoisotopic (exact) mass is 402 g/mol. The first-order chi connectivity index (χ1) is 14.6. The van der Waals surface area contributed by atoms with Crippen molar-refractivity contribution in [3.05, 3.63) is 71.8 Å². The lowest BCUT2D eigenvalue weighted by Crippen LogP contribution is -2.50. The van der Waals surface area contributed by atoms with Gasteiger partial charge in [-0.15, -0.1) is 10.2 Å². The van der Waals surface area contributed by atoms with Crippen LogP contribution in [0, 0.1) is 13.8 Å². The molecule has 30 heavy (non-hydrogen) atoms. The van der Waals surface area contributed by atoms with E-state index in [1.54, 1.807) is 0 Å². The number of ether oxygens (including phenoxy) is 1. The van der Waals surface area contributed by atoms with Crippen LogP contribution >= 0.6 is 0 Å². The van der Waals surface area contributed by atoms with Gasteiger partial charge in [-0.2, -0.15) is 0 Å². The van der Waals surface area contributed by atoms with Crippen LogP contribution < -0.4 is 9.64 Å². The molecule has 3 aromatic rings. The molecule has 6 heteroatoms. The van der Waals surface area contributed by atoms with Gasteiger partial charge in [0, 0.05) is 31.7 Å². The van der Waals surface area contributed by atoms with Crippen molar-refractivity contribution in [3.8, 4) is 17.0 Å². The van der Waals surface area contributed by atoms with Crippen LogP contribution in [0.4, 0.5) is 5.82 Å². The summed E-state index contributed by atoms with van der Waals surface area (Å²) in [5, 5.41) is 8.75. The fraction of sp³-hybridized carbons (Fsp3) is 0.292. The predicted molar refractivity (Wildman–Crippen MR) is 118 cm³/mol. The summed E-state index contributed by atoms with van der Waals surface area (Å²) in [6.07, 6.45) is 0. The largest absolute Gasteiger partial charge is 0.484 e. The zero-order valence-corrected chi connectivity index (χ0v) is 17.4. The maximum absolute atomic E-state index is 12.5. The molecule has 2 aromatic carbocycles. The van der Waals surface area contributed by atoms with E-state index in [4.69, 9.17) is 4.74 Å². The van der Waals surface area contributed by atoms with E-state index in [9.17, 15) is 4.79 Å². The van der Waals surface area contributed by atoms with Gasteiger partial charge in [0.15, 0.2) is 12.4 Å². The SMILES string of the molecule is Cc1ccc(OCC(=O)N2CCN(c3ccc(-c4ccccc4)nn3)CC2)c(C)c1. The van der Waals surface area contributed by atoms with Gasteiger partial charge in [-0.25, -0.2) is 0 Å². The van der Waals surface area contributed by atoms with Crippen LogP contribution in [0.3, 0.4) is 0 Å². The summed E-state index contributed by atoms with van der Waals surface area (Å²) in [6, 6.07) is 20.0. The number of nitrogens with zero attached hydrogens (tertiary/aromatic N) is 4. The number of carbonyl (C=O) groups excluding carboxylic acids is 1.